The molecule has 3 aliphatic carbocycles. The van der Waals surface area contributed by atoms with E-state index in [1.54, 1.807) is 11.6 Å². The van der Waals surface area contributed by atoms with Gasteiger partial charge >= 0.3 is 0 Å². The molecule has 0 aromatic heterocycles. The summed E-state index contributed by atoms with van der Waals surface area (Å²) in [5, 5.41) is 0. The molecule has 0 aromatic carbocycles. The van der Waals surface area contributed by atoms with Crippen LogP contribution in [0.15, 0.2) is 49.1 Å². The molecule has 148 valence electrons. The van der Waals surface area contributed by atoms with Crippen LogP contribution in [-0.2, 0) is 0 Å². The van der Waals surface area contributed by atoms with Crippen molar-refractivity contribution in [1.29, 1.82) is 0 Å². The second kappa shape index (κ2) is 11.0. The lowest BCUT2D eigenvalue weighted by Crippen LogP contribution is -2.44. The Morgan fingerprint density at radius 2 is 1.85 bits per heavy atom. The molecule has 0 aromatic rings. The van der Waals surface area contributed by atoms with Gasteiger partial charge in [0.25, 0.3) is 0 Å². The van der Waals surface area contributed by atoms with Crippen LogP contribution in [0, 0.1) is 29.1 Å². The van der Waals surface area contributed by atoms with E-state index < -0.39 is 0 Å². The van der Waals surface area contributed by atoms with Crippen molar-refractivity contribution in [2.75, 3.05) is 0 Å². The van der Waals surface area contributed by atoms with E-state index in [2.05, 4.69) is 59.6 Å². The molecule has 0 spiro atoms. The first-order valence-electron chi connectivity index (χ1n) is 10.9. The maximum Gasteiger partial charge on any atom is -0.0163 e. The smallest absolute Gasteiger partial charge is 0.0163 e. The summed E-state index contributed by atoms with van der Waals surface area (Å²) in [7, 11) is 0. The largest absolute Gasteiger partial charge is 0.106 e. The lowest BCUT2D eigenvalue weighted by molar-refractivity contribution is -0.0115. The van der Waals surface area contributed by atoms with Crippen molar-refractivity contribution in [2.24, 2.45) is 29.1 Å². The Morgan fingerprint density at radius 3 is 2.42 bits per heavy atom. The van der Waals surface area contributed by atoms with Crippen LogP contribution in [0.25, 0.3) is 0 Å². The zero-order valence-corrected chi connectivity index (χ0v) is 18.3. The van der Waals surface area contributed by atoms with E-state index in [-0.39, 0.29) is 0 Å². The van der Waals surface area contributed by atoms with Gasteiger partial charge in [-0.1, -0.05) is 57.9 Å². The molecule has 1 fully saturated rings. The highest BCUT2D eigenvalue weighted by Crippen LogP contribution is 2.57. The van der Waals surface area contributed by atoms with Crippen LogP contribution < -0.4 is 0 Å². The van der Waals surface area contributed by atoms with Crippen LogP contribution in [-0.4, -0.2) is 0 Å². The lowest BCUT2D eigenvalue weighted by Gasteiger charge is -2.52. The van der Waals surface area contributed by atoms with Gasteiger partial charge in [0.2, 0.25) is 0 Å². The second-order valence-corrected chi connectivity index (χ2v) is 8.79. The van der Waals surface area contributed by atoms with E-state index in [1.165, 1.54) is 51.4 Å². The van der Waals surface area contributed by atoms with E-state index in [0.29, 0.717) is 5.41 Å². The normalized spacial score (nSPS) is 32.9. The molecule has 26 heavy (non-hydrogen) atoms. The Hall–Kier alpha value is -1.04. The SMILES string of the molecule is C=C.C=CC.CCC1C2CC=CC3=C(CCCC3)C2CCC1(C)C(C)C. The summed E-state index contributed by atoms with van der Waals surface area (Å²) in [6.45, 7) is 21.2. The van der Waals surface area contributed by atoms with Gasteiger partial charge in [-0.25, -0.2) is 0 Å². The highest BCUT2D eigenvalue weighted by Gasteiger charge is 2.47. The summed E-state index contributed by atoms with van der Waals surface area (Å²) in [6, 6.07) is 0. The van der Waals surface area contributed by atoms with Gasteiger partial charge in [-0.3, -0.25) is 0 Å². The van der Waals surface area contributed by atoms with Crippen molar-refractivity contribution in [3.05, 3.63) is 49.1 Å². The average molecular weight is 357 g/mol. The van der Waals surface area contributed by atoms with Gasteiger partial charge in [0.1, 0.15) is 0 Å². The first-order valence-corrected chi connectivity index (χ1v) is 10.9. The quantitative estimate of drug-likeness (QED) is 0.435. The monoisotopic (exact) mass is 356 g/mol. The molecule has 0 saturated heterocycles. The Morgan fingerprint density at radius 1 is 1.23 bits per heavy atom. The molecule has 0 bridgehead atoms. The Labute approximate surface area is 164 Å². The van der Waals surface area contributed by atoms with Crippen molar-refractivity contribution in [2.45, 2.75) is 86.0 Å². The van der Waals surface area contributed by atoms with Crippen LogP contribution in [0.5, 0.6) is 0 Å². The summed E-state index contributed by atoms with van der Waals surface area (Å²) in [4.78, 5) is 0. The standard InChI is InChI=1S/C21H34.C3H6.C2H4/c1-5-20-19-12-8-10-16-9-6-7-11-17(16)18(19)13-14-21(20,4)15(2)3;1-3-2;1-2/h8,10,15,18-20H,5-7,9,11-14H2,1-4H3;3H,1H2,2H3;1-2H2. The molecule has 0 N–H and O–H groups in total. The summed E-state index contributed by atoms with van der Waals surface area (Å²) in [5.74, 6) is 3.55. The van der Waals surface area contributed by atoms with Crippen molar-refractivity contribution < 1.29 is 0 Å². The van der Waals surface area contributed by atoms with Crippen LogP contribution in [0.2, 0.25) is 0 Å². The van der Waals surface area contributed by atoms with Gasteiger partial charge in [-0.2, -0.15) is 0 Å². The maximum absolute atomic E-state index is 3.36. The number of rotatable bonds is 2. The molecule has 0 aliphatic heterocycles. The molecule has 4 atom stereocenters. The van der Waals surface area contributed by atoms with Crippen LogP contribution in [0.1, 0.15) is 86.0 Å². The zero-order chi connectivity index (χ0) is 19.7. The topological polar surface area (TPSA) is 0 Å². The van der Waals surface area contributed by atoms with Crippen molar-refractivity contribution in [3.8, 4) is 0 Å². The van der Waals surface area contributed by atoms with Crippen molar-refractivity contribution >= 4 is 0 Å². The fraction of sp³-hybridized carbons (Fsp3) is 0.692. The van der Waals surface area contributed by atoms with Crippen LogP contribution in [0.4, 0.5) is 0 Å². The fourth-order valence-corrected chi connectivity index (χ4v) is 5.82. The predicted molar refractivity (Wildman–Crippen MR) is 119 cm³/mol. The molecular formula is C26H44. The third-order valence-electron chi connectivity index (χ3n) is 7.36. The van der Waals surface area contributed by atoms with Crippen molar-refractivity contribution in [1.82, 2.24) is 0 Å². The van der Waals surface area contributed by atoms with Gasteiger partial charge in [0.15, 0.2) is 0 Å². The third kappa shape index (κ3) is 4.81. The maximum atomic E-state index is 3.36. The third-order valence-corrected chi connectivity index (χ3v) is 7.36. The minimum Gasteiger partial charge on any atom is -0.106 e. The predicted octanol–water partition coefficient (Wildman–Crippen LogP) is 8.53. The van der Waals surface area contributed by atoms with E-state index >= 15 is 0 Å². The molecule has 0 radical (unpaired) electrons. The van der Waals surface area contributed by atoms with Gasteiger partial charge in [-0.15, -0.1) is 19.7 Å². The molecule has 1 saturated carbocycles. The number of fused-ring (bicyclic) bond motifs is 2. The van der Waals surface area contributed by atoms with E-state index in [9.17, 15) is 0 Å². The Balaban J connectivity index is 0.000000615. The molecule has 3 rings (SSSR count). The second-order valence-electron chi connectivity index (χ2n) is 8.79. The fourth-order valence-electron chi connectivity index (χ4n) is 5.82. The molecule has 4 unspecified atom stereocenters. The highest BCUT2D eigenvalue weighted by molar-refractivity contribution is 5.32. The molecule has 3 aliphatic rings. The Bertz CT molecular complexity index is 492. The summed E-state index contributed by atoms with van der Waals surface area (Å²) in [5.41, 5.74) is 4.17. The lowest BCUT2D eigenvalue weighted by atomic mass is 9.52. The Kier molecular flexibility index (Phi) is 9.69. The molecule has 0 amide bonds. The van der Waals surface area contributed by atoms with E-state index in [0.717, 1.165) is 23.7 Å². The summed E-state index contributed by atoms with van der Waals surface area (Å²) >= 11 is 0. The number of allylic oxidation sites excluding steroid dienone is 5. The molecule has 0 nitrogen and oxygen atoms in total. The highest BCUT2D eigenvalue weighted by atomic mass is 14.5. The first-order chi connectivity index (χ1) is 12.5. The number of hydrogen-bond acceptors (Lipinski definition) is 0. The summed E-state index contributed by atoms with van der Waals surface area (Å²) in [6.07, 6.45) is 18.0. The zero-order valence-electron chi connectivity index (χ0n) is 18.3. The van der Waals surface area contributed by atoms with Gasteiger partial charge in [-0.05, 0) is 86.5 Å². The molecule has 0 heteroatoms. The van der Waals surface area contributed by atoms with Crippen LogP contribution >= 0.6 is 0 Å². The van der Waals surface area contributed by atoms with Crippen molar-refractivity contribution in [3.63, 3.8) is 0 Å². The molecule has 0 heterocycles. The van der Waals surface area contributed by atoms with Gasteiger partial charge in [0.05, 0.1) is 0 Å². The summed E-state index contributed by atoms with van der Waals surface area (Å²) < 4.78 is 0. The average Bonchev–Trinajstić information content (AvgIpc) is 2.83. The minimum atomic E-state index is 0.559. The minimum absolute atomic E-state index is 0.559. The van der Waals surface area contributed by atoms with Crippen LogP contribution in [0.3, 0.4) is 0 Å². The van der Waals surface area contributed by atoms with E-state index in [1.807, 2.05) is 12.5 Å². The van der Waals surface area contributed by atoms with Gasteiger partial charge in [0, 0.05) is 0 Å². The number of hydrogen-bond donors (Lipinski definition) is 0. The molecular weight excluding hydrogens is 312 g/mol. The first kappa shape index (κ1) is 23.0. The van der Waals surface area contributed by atoms with Gasteiger partial charge < -0.3 is 0 Å². The van der Waals surface area contributed by atoms with E-state index in [4.69, 9.17) is 0 Å².